The summed E-state index contributed by atoms with van der Waals surface area (Å²) in [4.78, 5) is 18.6. The number of carbonyl (C=O) groups is 1. The van der Waals surface area contributed by atoms with Gasteiger partial charge in [0.1, 0.15) is 0 Å². The molecule has 2 heterocycles. The molecule has 0 spiro atoms. The van der Waals surface area contributed by atoms with Crippen molar-refractivity contribution in [2.45, 2.75) is 30.8 Å². The van der Waals surface area contributed by atoms with E-state index in [1.54, 1.807) is 35.2 Å². The monoisotopic (exact) mass is 559 g/mol. The fraction of sp³-hybridized carbons (Fsp3) is 0.241. The van der Waals surface area contributed by atoms with E-state index < -0.39 is 29.1 Å². The molecule has 1 saturated heterocycles. The maximum atomic E-state index is 13.1. The van der Waals surface area contributed by atoms with Crippen molar-refractivity contribution in [1.29, 1.82) is 0 Å². The molecule has 40 heavy (non-hydrogen) atoms. The minimum atomic E-state index is -4.52. The predicted molar refractivity (Wildman–Crippen MR) is 137 cm³/mol. The molecular weight excluding hydrogens is 536 g/mol. The minimum absolute atomic E-state index is 0.0882. The average Bonchev–Trinajstić information content (AvgIpc) is 2.92. The lowest BCUT2D eigenvalue weighted by molar-refractivity contribution is -0.138. The number of likely N-dealkylation sites (tertiary alicyclic amines) is 1. The van der Waals surface area contributed by atoms with Crippen LogP contribution in [-0.2, 0) is 18.0 Å². The molecule has 0 bridgehead atoms. The normalized spacial score (nSPS) is 15.7. The molecule has 0 atom stereocenters. The highest BCUT2D eigenvalue weighted by atomic mass is 19.4. The van der Waals surface area contributed by atoms with E-state index in [1.807, 2.05) is 0 Å². The van der Waals surface area contributed by atoms with Gasteiger partial charge in [0.05, 0.1) is 22.2 Å². The third-order valence-corrected chi connectivity index (χ3v) is 7.09. The summed E-state index contributed by atoms with van der Waals surface area (Å²) in [6, 6.07) is 16.1. The van der Waals surface area contributed by atoms with Gasteiger partial charge >= 0.3 is 12.4 Å². The van der Waals surface area contributed by atoms with Gasteiger partial charge in [0.15, 0.2) is 0 Å². The zero-order valence-electron chi connectivity index (χ0n) is 20.9. The summed E-state index contributed by atoms with van der Waals surface area (Å²) in [7, 11) is 0. The van der Waals surface area contributed by atoms with Gasteiger partial charge in [-0.25, -0.2) is 0 Å². The second kappa shape index (κ2) is 10.1. The zero-order valence-corrected chi connectivity index (χ0v) is 20.9. The molecule has 0 radical (unpaired) electrons. The van der Waals surface area contributed by atoms with Gasteiger partial charge in [-0.1, -0.05) is 18.2 Å². The number of anilines is 2. The number of hydrogen-bond donors (Lipinski definition) is 2. The maximum absolute atomic E-state index is 13.1. The molecule has 4 aromatic rings. The lowest BCUT2D eigenvalue weighted by Gasteiger charge is -2.38. The van der Waals surface area contributed by atoms with E-state index in [2.05, 4.69) is 10.3 Å². The smallest absolute Gasteiger partial charge is 0.385 e. The number of rotatable bonds is 4. The number of amides is 1. The van der Waals surface area contributed by atoms with Crippen molar-refractivity contribution in [2.75, 3.05) is 18.4 Å². The standard InChI is InChI=1S/C29H23F6N3O2/c30-28(31,32)20-3-1-2-19(16-20)27(40)11-14-38(15-12-27)26(39)18-4-7-22(8-5-18)37-24-10-13-36-25-17-21(29(33,34)35)6-9-23(24)25/h1-10,13,16-17,40H,11-12,14-15H2,(H,36,37). The van der Waals surface area contributed by atoms with Crippen molar-refractivity contribution >= 4 is 28.2 Å². The molecule has 0 unspecified atom stereocenters. The second-order valence-corrected chi connectivity index (χ2v) is 9.69. The highest BCUT2D eigenvalue weighted by Gasteiger charge is 2.38. The van der Waals surface area contributed by atoms with Crippen LogP contribution in [0, 0.1) is 0 Å². The number of nitrogens with one attached hydrogen (secondary N) is 1. The van der Waals surface area contributed by atoms with Gasteiger partial charge in [-0.3, -0.25) is 9.78 Å². The predicted octanol–water partition coefficient (Wildman–Crippen LogP) is 7.14. The van der Waals surface area contributed by atoms with E-state index in [1.165, 1.54) is 24.4 Å². The molecule has 1 fully saturated rings. The molecule has 5 nitrogen and oxygen atoms in total. The number of carbonyl (C=O) groups excluding carboxylic acids is 1. The van der Waals surface area contributed by atoms with Crippen LogP contribution in [-0.4, -0.2) is 34.0 Å². The maximum Gasteiger partial charge on any atom is 0.416 e. The Morgan fingerprint density at radius 2 is 1.50 bits per heavy atom. The van der Waals surface area contributed by atoms with Crippen molar-refractivity contribution in [3.05, 3.63) is 101 Å². The Balaban J connectivity index is 1.25. The zero-order chi connectivity index (χ0) is 28.7. The Hall–Kier alpha value is -4.12. The summed E-state index contributed by atoms with van der Waals surface area (Å²) in [5, 5.41) is 14.7. The highest BCUT2D eigenvalue weighted by Crippen LogP contribution is 2.37. The van der Waals surface area contributed by atoms with Gasteiger partial charge in [-0.15, -0.1) is 0 Å². The molecule has 11 heteroatoms. The summed E-state index contributed by atoms with van der Waals surface area (Å²) >= 11 is 0. The lowest BCUT2D eigenvalue weighted by atomic mass is 9.83. The molecule has 1 aliphatic heterocycles. The number of fused-ring (bicyclic) bond motifs is 1. The van der Waals surface area contributed by atoms with Crippen LogP contribution >= 0.6 is 0 Å². The Morgan fingerprint density at radius 3 is 2.15 bits per heavy atom. The molecule has 1 aromatic heterocycles. The van der Waals surface area contributed by atoms with Crippen LogP contribution in [0.1, 0.15) is 39.9 Å². The summed E-state index contributed by atoms with van der Waals surface area (Å²) < 4.78 is 78.5. The average molecular weight is 560 g/mol. The first kappa shape index (κ1) is 27.4. The first-order valence-corrected chi connectivity index (χ1v) is 12.4. The molecule has 208 valence electrons. The first-order valence-electron chi connectivity index (χ1n) is 12.4. The van der Waals surface area contributed by atoms with Crippen molar-refractivity contribution in [1.82, 2.24) is 9.88 Å². The van der Waals surface area contributed by atoms with Crippen LogP contribution in [0.4, 0.5) is 37.7 Å². The molecule has 0 saturated carbocycles. The molecule has 0 aliphatic carbocycles. The van der Waals surface area contributed by atoms with Crippen molar-refractivity contribution in [2.24, 2.45) is 0 Å². The van der Waals surface area contributed by atoms with Crippen LogP contribution < -0.4 is 5.32 Å². The fourth-order valence-electron chi connectivity index (χ4n) is 4.82. The largest absolute Gasteiger partial charge is 0.416 e. The number of benzene rings is 3. The van der Waals surface area contributed by atoms with E-state index in [0.29, 0.717) is 22.3 Å². The quantitative estimate of drug-likeness (QED) is 0.261. The van der Waals surface area contributed by atoms with E-state index in [-0.39, 0.29) is 42.9 Å². The van der Waals surface area contributed by atoms with E-state index in [4.69, 9.17) is 0 Å². The first-order chi connectivity index (χ1) is 18.8. The molecule has 5 rings (SSSR count). The van der Waals surface area contributed by atoms with Gasteiger partial charge in [-0.2, -0.15) is 26.3 Å². The third-order valence-electron chi connectivity index (χ3n) is 7.09. The van der Waals surface area contributed by atoms with Gasteiger partial charge in [0, 0.05) is 41.6 Å². The second-order valence-electron chi connectivity index (χ2n) is 9.69. The number of aliphatic hydroxyl groups is 1. The Labute approximate surface area is 225 Å². The van der Waals surface area contributed by atoms with Crippen LogP contribution in [0.15, 0.2) is 79.0 Å². The Kier molecular flexibility index (Phi) is 6.95. The Morgan fingerprint density at radius 1 is 0.850 bits per heavy atom. The minimum Gasteiger partial charge on any atom is -0.385 e. The van der Waals surface area contributed by atoms with Crippen molar-refractivity contribution < 1.29 is 36.2 Å². The summed E-state index contributed by atoms with van der Waals surface area (Å²) in [5.74, 6) is -0.285. The SMILES string of the molecule is O=C(c1ccc(Nc2ccnc3cc(C(F)(F)F)ccc23)cc1)N1CCC(O)(c2cccc(C(F)(F)F)c2)CC1. The molecule has 2 N–H and O–H groups in total. The number of halogens is 6. The number of piperidine rings is 1. The fourth-order valence-corrected chi connectivity index (χ4v) is 4.82. The molecule has 3 aromatic carbocycles. The van der Waals surface area contributed by atoms with E-state index >= 15 is 0 Å². The number of alkyl halides is 6. The van der Waals surface area contributed by atoms with E-state index in [0.717, 1.165) is 24.3 Å². The topological polar surface area (TPSA) is 65.5 Å². The van der Waals surface area contributed by atoms with Crippen molar-refractivity contribution in [3.63, 3.8) is 0 Å². The van der Waals surface area contributed by atoms with Crippen LogP contribution in [0.3, 0.4) is 0 Å². The number of pyridine rings is 1. The molecular formula is C29H23F6N3O2. The van der Waals surface area contributed by atoms with Crippen molar-refractivity contribution in [3.8, 4) is 0 Å². The number of hydrogen-bond acceptors (Lipinski definition) is 4. The number of aromatic nitrogens is 1. The highest BCUT2D eigenvalue weighted by molar-refractivity contribution is 5.96. The van der Waals surface area contributed by atoms with Gasteiger partial charge in [0.25, 0.3) is 5.91 Å². The third kappa shape index (κ3) is 5.60. The summed E-state index contributed by atoms with van der Waals surface area (Å²) in [5.41, 5.74) is -1.23. The van der Waals surface area contributed by atoms with Gasteiger partial charge in [-0.05, 0) is 73.0 Å². The summed E-state index contributed by atoms with van der Waals surface area (Å²) in [6.45, 7) is 0.322. The van der Waals surface area contributed by atoms with Crippen LogP contribution in [0.2, 0.25) is 0 Å². The number of nitrogens with zero attached hydrogens (tertiary/aromatic N) is 2. The van der Waals surface area contributed by atoms with Gasteiger partial charge < -0.3 is 15.3 Å². The lowest BCUT2D eigenvalue weighted by Crippen LogP contribution is -2.45. The van der Waals surface area contributed by atoms with Crippen LogP contribution in [0.5, 0.6) is 0 Å². The van der Waals surface area contributed by atoms with Gasteiger partial charge in [0.2, 0.25) is 0 Å². The molecule has 1 aliphatic rings. The molecule has 1 amide bonds. The summed E-state index contributed by atoms with van der Waals surface area (Å²) in [6.07, 6.45) is -7.42. The van der Waals surface area contributed by atoms with Crippen LogP contribution in [0.25, 0.3) is 10.9 Å². The Bertz CT molecular complexity index is 1540. The van der Waals surface area contributed by atoms with E-state index in [9.17, 15) is 36.2 Å².